The van der Waals surface area contributed by atoms with Crippen molar-refractivity contribution < 1.29 is 4.74 Å². The number of nitriles is 1. The summed E-state index contributed by atoms with van der Waals surface area (Å²) in [6, 6.07) is 2.79. The SMILES string of the molecule is CC(CC#N)NC(C)C1CCCO1. The average Bonchev–Trinajstić information content (AvgIpc) is 2.55. The number of hydrogen-bond acceptors (Lipinski definition) is 3. The van der Waals surface area contributed by atoms with Crippen LogP contribution < -0.4 is 5.32 Å². The Hall–Kier alpha value is -0.590. The Labute approximate surface area is 80.1 Å². The first-order valence-electron chi connectivity index (χ1n) is 4.98. The van der Waals surface area contributed by atoms with Crippen molar-refractivity contribution in [2.45, 2.75) is 51.3 Å². The Morgan fingerprint density at radius 3 is 2.92 bits per heavy atom. The molecule has 1 aliphatic heterocycles. The zero-order valence-electron chi connectivity index (χ0n) is 8.42. The van der Waals surface area contributed by atoms with E-state index in [0.29, 0.717) is 18.6 Å². The lowest BCUT2D eigenvalue weighted by Gasteiger charge is -2.23. The molecule has 0 spiro atoms. The zero-order chi connectivity index (χ0) is 9.68. The Kier molecular flexibility index (Phi) is 4.20. The van der Waals surface area contributed by atoms with Crippen LogP contribution in [0.15, 0.2) is 0 Å². The summed E-state index contributed by atoms with van der Waals surface area (Å²) in [5, 5.41) is 11.9. The highest BCUT2D eigenvalue weighted by Gasteiger charge is 2.22. The van der Waals surface area contributed by atoms with Crippen LogP contribution in [0.25, 0.3) is 0 Å². The normalized spacial score (nSPS) is 26.7. The molecule has 0 aromatic carbocycles. The Bertz CT molecular complexity index is 182. The summed E-state index contributed by atoms with van der Waals surface area (Å²) in [5.41, 5.74) is 0. The third-order valence-corrected chi connectivity index (χ3v) is 2.47. The molecule has 1 heterocycles. The average molecular weight is 182 g/mol. The fraction of sp³-hybridized carbons (Fsp3) is 0.900. The lowest BCUT2D eigenvalue weighted by Crippen LogP contribution is -2.41. The largest absolute Gasteiger partial charge is 0.377 e. The van der Waals surface area contributed by atoms with Crippen LogP contribution in [0, 0.1) is 11.3 Å². The Morgan fingerprint density at radius 2 is 2.38 bits per heavy atom. The molecule has 1 saturated heterocycles. The van der Waals surface area contributed by atoms with E-state index < -0.39 is 0 Å². The molecule has 3 atom stereocenters. The van der Waals surface area contributed by atoms with Crippen molar-refractivity contribution in [3.63, 3.8) is 0 Å². The first-order valence-corrected chi connectivity index (χ1v) is 4.98. The van der Waals surface area contributed by atoms with Crippen molar-refractivity contribution in [1.82, 2.24) is 5.32 Å². The topological polar surface area (TPSA) is 45.0 Å². The molecule has 1 fully saturated rings. The van der Waals surface area contributed by atoms with Gasteiger partial charge in [-0.25, -0.2) is 0 Å². The molecule has 3 nitrogen and oxygen atoms in total. The molecule has 1 rings (SSSR count). The molecule has 3 heteroatoms. The number of rotatable bonds is 4. The molecule has 1 aliphatic rings. The first-order chi connectivity index (χ1) is 6.24. The molecule has 0 aromatic heterocycles. The van der Waals surface area contributed by atoms with Crippen LogP contribution in [-0.4, -0.2) is 24.8 Å². The predicted octanol–water partition coefficient (Wildman–Crippen LogP) is 1.45. The van der Waals surface area contributed by atoms with Gasteiger partial charge < -0.3 is 10.1 Å². The third-order valence-electron chi connectivity index (χ3n) is 2.47. The van der Waals surface area contributed by atoms with Gasteiger partial charge in [-0.05, 0) is 26.7 Å². The van der Waals surface area contributed by atoms with Gasteiger partial charge >= 0.3 is 0 Å². The summed E-state index contributed by atoms with van der Waals surface area (Å²) in [4.78, 5) is 0. The van der Waals surface area contributed by atoms with Gasteiger partial charge in [-0.3, -0.25) is 0 Å². The van der Waals surface area contributed by atoms with Gasteiger partial charge in [0.1, 0.15) is 0 Å². The number of nitrogens with zero attached hydrogens (tertiary/aromatic N) is 1. The minimum absolute atomic E-state index is 0.268. The van der Waals surface area contributed by atoms with Crippen molar-refractivity contribution in [1.29, 1.82) is 5.26 Å². The molecule has 74 valence electrons. The lowest BCUT2D eigenvalue weighted by atomic mass is 10.1. The van der Waals surface area contributed by atoms with Gasteiger partial charge in [0.05, 0.1) is 18.6 Å². The third kappa shape index (κ3) is 3.33. The summed E-state index contributed by atoms with van der Waals surface area (Å²) in [5.74, 6) is 0. The quantitative estimate of drug-likeness (QED) is 0.715. The van der Waals surface area contributed by atoms with Crippen molar-refractivity contribution in [2.75, 3.05) is 6.61 Å². The fourth-order valence-electron chi connectivity index (χ4n) is 1.75. The van der Waals surface area contributed by atoms with E-state index in [1.807, 2.05) is 6.92 Å². The maximum atomic E-state index is 8.49. The molecule has 13 heavy (non-hydrogen) atoms. The van der Waals surface area contributed by atoms with E-state index in [-0.39, 0.29) is 6.04 Å². The van der Waals surface area contributed by atoms with E-state index in [9.17, 15) is 0 Å². The molecule has 0 aliphatic carbocycles. The van der Waals surface area contributed by atoms with Crippen LogP contribution in [0.1, 0.15) is 33.1 Å². The second kappa shape index (κ2) is 5.21. The molecular weight excluding hydrogens is 164 g/mol. The van der Waals surface area contributed by atoms with E-state index in [1.165, 1.54) is 6.42 Å². The Morgan fingerprint density at radius 1 is 1.62 bits per heavy atom. The highest BCUT2D eigenvalue weighted by molar-refractivity contribution is 4.83. The van der Waals surface area contributed by atoms with Crippen LogP contribution >= 0.6 is 0 Å². The van der Waals surface area contributed by atoms with Gasteiger partial charge in [-0.1, -0.05) is 0 Å². The number of nitrogens with one attached hydrogen (secondary N) is 1. The fourth-order valence-corrected chi connectivity index (χ4v) is 1.75. The van der Waals surface area contributed by atoms with Crippen LogP contribution in [0.4, 0.5) is 0 Å². The molecule has 0 saturated carbocycles. The van der Waals surface area contributed by atoms with Crippen molar-refractivity contribution >= 4 is 0 Å². The number of ether oxygens (including phenoxy) is 1. The van der Waals surface area contributed by atoms with Crippen LogP contribution in [0.5, 0.6) is 0 Å². The summed E-state index contributed by atoms with van der Waals surface area (Å²) >= 11 is 0. The van der Waals surface area contributed by atoms with E-state index in [0.717, 1.165) is 13.0 Å². The second-order valence-electron chi connectivity index (χ2n) is 3.77. The van der Waals surface area contributed by atoms with E-state index in [4.69, 9.17) is 10.00 Å². The summed E-state index contributed by atoms with van der Waals surface area (Å²) in [7, 11) is 0. The molecule has 3 unspecified atom stereocenters. The van der Waals surface area contributed by atoms with Gasteiger partial charge in [0, 0.05) is 18.7 Å². The smallest absolute Gasteiger partial charge is 0.0726 e. The van der Waals surface area contributed by atoms with Gasteiger partial charge in [-0.15, -0.1) is 0 Å². The molecule has 0 radical (unpaired) electrons. The van der Waals surface area contributed by atoms with Crippen molar-refractivity contribution in [3.05, 3.63) is 0 Å². The minimum atomic E-state index is 0.268. The highest BCUT2D eigenvalue weighted by Crippen LogP contribution is 2.15. The minimum Gasteiger partial charge on any atom is -0.377 e. The van der Waals surface area contributed by atoms with Gasteiger partial charge in [0.25, 0.3) is 0 Å². The summed E-state index contributed by atoms with van der Waals surface area (Å²) in [6.07, 6.45) is 3.23. The standard InChI is InChI=1S/C10H18N2O/c1-8(5-6-11)12-9(2)10-4-3-7-13-10/h8-10,12H,3-5,7H2,1-2H3. The maximum Gasteiger partial charge on any atom is 0.0726 e. The molecule has 0 bridgehead atoms. The van der Waals surface area contributed by atoms with Crippen LogP contribution in [0.2, 0.25) is 0 Å². The first kappa shape index (κ1) is 10.5. The summed E-state index contributed by atoms with van der Waals surface area (Å²) < 4.78 is 5.55. The molecule has 0 amide bonds. The van der Waals surface area contributed by atoms with Gasteiger partial charge in [0.2, 0.25) is 0 Å². The van der Waals surface area contributed by atoms with Crippen molar-refractivity contribution in [3.8, 4) is 6.07 Å². The van der Waals surface area contributed by atoms with Crippen LogP contribution in [-0.2, 0) is 4.74 Å². The predicted molar refractivity (Wildman–Crippen MR) is 51.3 cm³/mol. The maximum absolute atomic E-state index is 8.49. The second-order valence-corrected chi connectivity index (χ2v) is 3.77. The highest BCUT2D eigenvalue weighted by atomic mass is 16.5. The monoisotopic (exact) mass is 182 g/mol. The van der Waals surface area contributed by atoms with Crippen LogP contribution in [0.3, 0.4) is 0 Å². The van der Waals surface area contributed by atoms with E-state index in [2.05, 4.69) is 18.3 Å². The Balaban J connectivity index is 2.23. The lowest BCUT2D eigenvalue weighted by molar-refractivity contribution is 0.0806. The molecule has 0 aromatic rings. The van der Waals surface area contributed by atoms with Gasteiger partial charge in [-0.2, -0.15) is 5.26 Å². The van der Waals surface area contributed by atoms with Crippen molar-refractivity contribution in [2.24, 2.45) is 0 Å². The van der Waals surface area contributed by atoms with E-state index >= 15 is 0 Å². The number of hydrogen-bond donors (Lipinski definition) is 1. The van der Waals surface area contributed by atoms with E-state index in [1.54, 1.807) is 0 Å². The molecular formula is C10H18N2O. The summed E-state index contributed by atoms with van der Waals surface area (Å²) in [6.45, 7) is 5.06. The zero-order valence-corrected chi connectivity index (χ0v) is 8.42. The van der Waals surface area contributed by atoms with Gasteiger partial charge in [0.15, 0.2) is 0 Å². The molecule has 1 N–H and O–H groups in total.